The number of imide groups is 1. The van der Waals surface area contributed by atoms with Crippen LogP contribution in [0.5, 0.6) is 0 Å². The lowest BCUT2D eigenvalue weighted by molar-refractivity contribution is -0.154. The van der Waals surface area contributed by atoms with Crippen LogP contribution in [0.2, 0.25) is 0 Å². The molecule has 0 bridgehead atoms. The molecule has 1 N–H and O–H groups in total. The van der Waals surface area contributed by atoms with E-state index in [1.165, 1.54) is 4.90 Å². The molecule has 6 heteroatoms. The van der Waals surface area contributed by atoms with Crippen LogP contribution in [0.4, 0.5) is 0 Å². The van der Waals surface area contributed by atoms with Crippen LogP contribution < -0.4 is 5.32 Å². The summed E-state index contributed by atoms with van der Waals surface area (Å²) >= 11 is 0. The first kappa shape index (κ1) is 15.2. The quantitative estimate of drug-likeness (QED) is 0.753. The summed E-state index contributed by atoms with van der Waals surface area (Å²) in [5, 5.41) is 11.5. The van der Waals surface area contributed by atoms with Gasteiger partial charge in [0.1, 0.15) is 18.0 Å². The van der Waals surface area contributed by atoms with E-state index in [1.54, 1.807) is 20.8 Å². The lowest BCUT2D eigenvalue weighted by atomic mass is 9.81. The van der Waals surface area contributed by atoms with Crippen molar-refractivity contribution in [1.29, 1.82) is 5.26 Å². The fourth-order valence-corrected chi connectivity index (χ4v) is 2.32. The first-order valence-corrected chi connectivity index (χ1v) is 6.51. The molecule has 0 aromatic heterocycles. The molecule has 1 heterocycles. The van der Waals surface area contributed by atoms with E-state index in [4.69, 9.17) is 0 Å². The number of amides is 3. The Morgan fingerprint density at radius 1 is 1.42 bits per heavy atom. The largest absolute Gasteiger partial charge is 0.320 e. The Morgan fingerprint density at radius 2 is 2.00 bits per heavy atom. The van der Waals surface area contributed by atoms with Crippen molar-refractivity contribution in [1.82, 2.24) is 10.2 Å². The lowest BCUT2D eigenvalue weighted by Gasteiger charge is -2.37. The first-order chi connectivity index (χ1) is 8.95. The van der Waals surface area contributed by atoms with Crippen LogP contribution in [0.1, 0.15) is 40.0 Å². The van der Waals surface area contributed by atoms with Gasteiger partial charge in [-0.05, 0) is 19.3 Å². The molecule has 1 rings (SSSR count). The van der Waals surface area contributed by atoms with Crippen molar-refractivity contribution in [2.24, 2.45) is 5.41 Å². The molecule has 6 nitrogen and oxygen atoms in total. The molecule has 0 spiro atoms. The van der Waals surface area contributed by atoms with Crippen molar-refractivity contribution >= 4 is 17.7 Å². The fourth-order valence-electron chi connectivity index (χ4n) is 2.32. The SMILES string of the molecule is CCC1C(=O)NC(=O)CN1C(=O)C(C#N)(CC)CC. The summed E-state index contributed by atoms with van der Waals surface area (Å²) in [6.45, 7) is 5.13. The van der Waals surface area contributed by atoms with E-state index in [-0.39, 0.29) is 6.54 Å². The molecule has 1 fully saturated rings. The van der Waals surface area contributed by atoms with Gasteiger partial charge in [-0.15, -0.1) is 0 Å². The molecule has 0 saturated carbocycles. The highest BCUT2D eigenvalue weighted by atomic mass is 16.2. The molecule has 1 aliphatic rings. The van der Waals surface area contributed by atoms with Crippen LogP contribution in [0.15, 0.2) is 0 Å². The van der Waals surface area contributed by atoms with Gasteiger partial charge in [0.2, 0.25) is 17.7 Å². The van der Waals surface area contributed by atoms with E-state index in [1.807, 2.05) is 0 Å². The van der Waals surface area contributed by atoms with E-state index in [2.05, 4.69) is 11.4 Å². The number of hydrogen-bond acceptors (Lipinski definition) is 4. The third-order valence-corrected chi connectivity index (χ3v) is 3.73. The van der Waals surface area contributed by atoms with Crippen LogP contribution in [-0.4, -0.2) is 35.2 Å². The van der Waals surface area contributed by atoms with Gasteiger partial charge >= 0.3 is 0 Å². The summed E-state index contributed by atoms with van der Waals surface area (Å²) in [5.74, 6) is -1.39. The zero-order valence-electron chi connectivity index (χ0n) is 11.5. The summed E-state index contributed by atoms with van der Waals surface area (Å²) in [4.78, 5) is 37.0. The molecule has 0 aliphatic carbocycles. The average molecular weight is 265 g/mol. The number of nitrogens with zero attached hydrogens (tertiary/aromatic N) is 2. The minimum Gasteiger partial charge on any atom is -0.320 e. The van der Waals surface area contributed by atoms with Gasteiger partial charge in [0.05, 0.1) is 6.07 Å². The van der Waals surface area contributed by atoms with Crippen molar-refractivity contribution < 1.29 is 14.4 Å². The number of hydrogen-bond donors (Lipinski definition) is 1. The fraction of sp³-hybridized carbons (Fsp3) is 0.692. The van der Waals surface area contributed by atoms with Crippen molar-refractivity contribution in [2.45, 2.75) is 46.1 Å². The second kappa shape index (κ2) is 5.83. The molecular weight excluding hydrogens is 246 g/mol. The molecule has 19 heavy (non-hydrogen) atoms. The monoisotopic (exact) mass is 265 g/mol. The summed E-state index contributed by atoms with van der Waals surface area (Å²) < 4.78 is 0. The predicted octanol–water partition coefficient (Wildman–Crippen LogP) is 0.580. The highest BCUT2D eigenvalue weighted by molar-refractivity contribution is 6.05. The lowest BCUT2D eigenvalue weighted by Crippen LogP contribution is -2.62. The summed E-state index contributed by atoms with van der Waals surface area (Å²) in [5.41, 5.74) is -1.15. The molecule has 0 aromatic carbocycles. The number of carbonyl (C=O) groups excluding carboxylic acids is 3. The minimum absolute atomic E-state index is 0.160. The molecule has 1 atom stereocenters. The molecule has 104 valence electrons. The van der Waals surface area contributed by atoms with Gasteiger partial charge in [0.15, 0.2) is 0 Å². The summed E-state index contributed by atoms with van der Waals surface area (Å²) in [7, 11) is 0. The Morgan fingerprint density at radius 3 is 2.42 bits per heavy atom. The van der Waals surface area contributed by atoms with Gasteiger partial charge in [-0.3, -0.25) is 19.7 Å². The third-order valence-electron chi connectivity index (χ3n) is 3.73. The Bertz CT molecular complexity index is 435. The van der Waals surface area contributed by atoms with Crippen molar-refractivity contribution in [3.05, 3.63) is 0 Å². The van der Waals surface area contributed by atoms with Crippen LogP contribution in [0, 0.1) is 16.7 Å². The van der Waals surface area contributed by atoms with Crippen molar-refractivity contribution in [3.63, 3.8) is 0 Å². The number of nitriles is 1. The van der Waals surface area contributed by atoms with E-state index >= 15 is 0 Å². The molecule has 0 radical (unpaired) electrons. The van der Waals surface area contributed by atoms with Gasteiger partial charge in [0, 0.05) is 0 Å². The smallest absolute Gasteiger partial charge is 0.249 e. The highest BCUT2D eigenvalue weighted by Crippen LogP contribution is 2.30. The van der Waals surface area contributed by atoms with Crippen molar-refractivity contribution in [3.8, 4) is 6.07 Å². The van der Waals surface area contributed by atoms with E-state index in [9.17, 15) is 19.6 Å². The molecular formula is C13H19N3O3. The second-order valence-corrected chi connectivity index (χ2v) is 4.67. The number of piperazine rings is 1. The normalized spacial score (nSPS) is 19.9. The molecule has 0 aromatic rings. The Labute approximate surface area is 112 Å². The standard InChI is InChI=1S/C13H19N3O3/c1-4-9-11(18)15-10(17)7-16(9)12(19)13(5-2,6-3)8-14/h9H,4-7H2,1-3H3,(H,15,17,18). The van der Waals surface area contributed by atoms with Crippen molar-refractivity contribution in [2.75, 3.05) is 6.54 Å². The van der Waals surface area contributed by atoms with E-state index in [0.29, 0.717) is 19.3 Å². The predicted molar refractivity (Wildman–Crippen MR) is 67.6 cm³/mol. The third kappa shape index (κ3) is 2.60. The topological polar surface area (TPSA) is 90.3 Å². The van der Waals surface area contributed by atoms with E-state index in [0.717, 1.165) is 0 Å². The van der Waals surface area contributed by atoms with Gasteiger partial charge in [0.25, 0.3) is 0 Å². The van der Waals surface area contributed by atoms with Gasteiger partial charge in [-0.25, -0.2) is 0 Å². The van der Waals surface area contributed by atoms with Crippen LogP contribution >= 0.6 is 0 Å². The molecule has 1 unspecified atom stereocenters. The van der Waals surface area contributed by atoms with Gasteiger partial charge in [-0.1, -0.05) is 20.8 Å². The number of rotatable bonds is 4. The molecule has 3 amide bonds. The maximum atomic E-state index is 12.5. The number of nitrogens with one attached hydrogen (secondary N) is 1. The Kier molecular flexibility index (Phi) is 4.65. The van der Waals surface area contributed by atoms with Crippen LogP contribution in [0.25, 0.3) is 0 Å². The van der Waals surface area contributed by atoms with Crippen LogP contribution in [0.3, 0.4) is 0 Å². The summed E-state index contributed by atoms with van der Waals surface area (Å²) in [6.07, 6.45) is 1.14. The maximum Gasteiger partial charge on any atom is 0.249 e. The maximum absolute atomic E-state index is 12.5. The summed E-state index contributed by atoms with van der Waals surface area (Å²) in [6, 6.07) is 1.38. The number of carbonyl (C=O) groups is 3. The molecule has 1 aliphatic heterocycles. The minimum atomic E-state index is -1.15. The van der Waals surface area contributed by atoms with Gasteiger partial charge < -0.3 is 4.90 Å². The zero-order chi connectivity index (χ0) is 14.6. The van der Waals surface area contributed by atoms with Crippen LogP contribution in [-0.2, 0) is 14.4 Å². The van der Waals surface area contributed by atoms with E-state index < -0.39 is 29.2 Å². The Hall–Kier alpha value is -1.90. The average Bonchev–Trinajstić information content (AvgIpc) is 2.40. The highest BCUT2D eigenvalue weighted by Gasteiger charge is 2.44. The Balaban J connectivity index is 3.11. The first-order valence-electron chi connectivity index (χ1n) is 6.51. The zero-order valence-corrected chi connectivity index (χ0v) is 11.5. The second-order valence-electron chi connectivity index (χ2n) is 4.67. The molecule has 1 saturated heterocycles. The van der Waals surface area contributed by atoms with Gasteiger partial charge in [-0.2, -0.15) is 5.26 Å².